The molecule has 10 nitrogen and oxygen atoms in total. The van der Waals surface area contributed by atoms with Crippen molar-refractivity contribution in [3.05, 3.63) is 56.5 Å². The molecule has 0 aliphatic heterocycles. The van der Waals surface area contributed by atoms with Crippen LogP contribution in [0, 0.1) is 0 Å². The average Bonchev–Trinajstić information content (AvgIpc) is 2.79. The molecule has 32 heavy (non-hydrogen) atoms. The molecule has 2 heterocycles. The number of hydrogen-bond acceptors (Lipinski definition) is 8. The molecule has 0 saturated heterocycles. The van der Waals surface area contributed by atoms with Crippen LogP contribution >= 0.6 is 11.8 Å². The molecule has 0 fully saturated rings. The number of nitrogens with zero attached hydrogens (tertiary/aromatic N) is 4. The number of aromatic nitrogens is 4. The lowest BCUT2D eigenvalue weighted by Crippen LogP contribution is -2.38. The van der Waals surface area contributed by atoms with Crippen molar-refractivity contribution >= 4 is 40.4 Å². The van der Waals surface area contributed by atoms with E-state index in [4.69, 9.17) is 0 Å². The molecule has 2 aromatic heterocycles. The van der Waals surface area contributed by atoms with Gasteiger partial charge in [-0.1, -0.05) is 25.6 Å². The average molecular weight is 458 g/mol. The Kier molecular flexibility index (Phi) is 6.78. The summed E-state index contributed by atoms with van der Waals surface area (Å²) >= 11 is 1.09. The predicted octanol–water partition coefficient (Wildman–Crippen LogP) is 1.67. The minimum atomic E-state index is -0.514. The van der Waals surface area contributed by atoms with Gasteiger partial charge in [0, 0.05) is 25.7 Å². The summed E-state index contributed by atoms with van der Waals surface area (Å²) in [7, 11) is 4.22. The highest BCUT2D eigenvalue weighted by Gasteiger charge is 2.19. The third-order valence-electron chi connectivity index (χ3n) is 4.73. The van der Waals surface area contributed by atoms with Gasteiger partial charge in [-0.25, -0.2) is 19.6 Å². The molecule has 1 amide bonds. The number of carbonyl (C=O) groups excluding carboxylic acids is 2. The molecule has 0 saturated carbocycles. The molecular weight excluding hydrogens is 434 g/mol. The third kappa shape index (κ3) is 4.57. The normalized spacial score (nSPS) is 11.1. The van der Waals surface area contributed by atoms with Gasteiger partial charge < -0.3 is 10.1 Å². The summed E-state index contributed by atoms with van der Waals surface area (Å²) in [6, 6.07) is 6.28. The number of fused-ring (bicyclic) bond motifs is 1. The highest BCUT2D eigenvalue weighted by atomic mass is 32.2. The second-order valence-corrected chi connectivity index (χ2v) is 8.32. The monoisotopic (exact) mass is 457 g/mol. The first-order valence-electron chi connectivity index (χ1n) is 9.72. The molecule has 3 rings (SSSR count). The fraction of sp³-hybridized carbons (Fsp3) is 0.333. The van der Waals surface area contributed by atoms with Crippen molar-refractivity contribution in [3.8, 4) is 0 Å². The van der Waals surface area contributed by atoms with Crippen LogP contribution in [-0.2, 0) is 23.6 Å². The number of thioether (sulfide) groups is 1. The number of benzene rings is 1. The van der Waals surface area contributed by atoms with Crippen molar-refractivity contribution in [2.24, 2.45) is 14.1 Å². The number of ether oxygens (including phenoxy) is 1. The van der Waals surface area contributed by atoms with Gasteiger partial charge in [-0.2, -0.15) is 0 Å². The first-order chi connectivity index (χ1) is 15.1. The smallest absolute Gasteiger partial charge is 0.337 e. The molecule has 0 unspecified atom stereocenters. The maximum absolute atomic E-state index is 12.8. The Hall–Kier alpha value is -3.47. The van der Waals surface area contributed by atoms with Crippen LogP contribution in [0.2, 0.25) is 0 Å². The van der Waals surface area contributed by atoms with E-state index in [9.17, 15) is 19.2 Å². The van der Waals surface area contributed by atoms with Gasteiger partial charge >= 0.3 is 11.7 Å². The molecule has 0 spiro atoms. The summed E-state index contributed by atoms with van der Waals surface area (Å²) in [4.78, 5) is 58.0. The number of anilines is 1. The van der Waals surface area contributed by atoms with Crippen molar-refractivity contribution < 1.29 is 14.3 Å². The Bertz CT molecular complexity index is 1310. The zero-order valence-electron chi connectivity index (χ0n) is 18.3. The van der Waals surface area contributed by atoms with Crippen LogP contribution in [0.3, 0.4) is 0 Å². The molecule has 0 bridgehead atoms. The van der Waals surface area contributed by atoms with Gasteiger partial charge in [-0.15, -0.1) is 0 Å². The number of esters is 1. The van der Waals surface area contributed by atoms with Crippen LogP contribution in [0.4, 0.5) is 5.69 Å². The Labute approximate surface area is 187 Å². The molecule has 1 N–H and O–H groups in total. The van der Waals surface area contributed by atoms with Crippen LogP contribution in [0.25, 0.3) is 11.0 Å². The maximum atomic E-state index is 12.8. The van der Waals surface area contributed by atoms with E-state index in [1.165, 1.54) is 18.7 Å². The van der Waals surface area contributed by atoms with E-state index < -0.39 is 17.2 Å². The number of aryl methyl sites for hydroxylation is 1. The second-order valence-electron chi connectivity index (χ2n) is 7.35. The number of hydrogen-bond donors (Lipinski definition) is 1. The first-order valence-corrected chi connectivity index (χ1v) is 10.7. The van der Waals surface area contributed by atoms with E-state index in [2.05, 4.69) is 20.0 Å². The highest BCUT2D eigenvalue weighted by Crippen LogP contribution is 2.24. The van der Waals surface area contributed by atoms with Gasteiger partial charge in [0.05, 0.1) is 18.4 Å². The molecule has 0 atom stereocenters. The van der Waals surface area contributed by atoms with E-state index in [0.717, 1.165) is 16.3 Å². The van der Waals surface area contributed by atoms with Crippen LogP contribution in [0.1, 0.15) is 35.9 Å². The SMILES string of the molecule is COC(=O)c1ccc(NC(=O)CSc2nc(C(C)C)nc3c2c(=O)n(C)c(=O)n3C)cc1. The summed E-state index contributed by atoms with van der Waals surface area (Å²) in [5.74, 6) is -0.373. The number of nitrogens with one attached hydrogen (secondary N) is 1. The van der Waals surface area contributed by atoms with Crippen LogP contribution in [0.5, 0.6) is 0 Å². The van der Waals surface area contributed by atoms with Crippen molar-refractivity contribution in [2.45, 2.75) is 24.8 Å². The van der Waals surface area contributed by atoms with Gasteiger partial charge in [-0.05, 0) is 24.3 Å². The van der Waals surface area contributed by atoms with E-state index in [1.807, 2.05) is 13.8 Å². The number of carbonyl (C=O) groups is 2. The quantitative estimate of drug-likeness (QED) is 0.337. The Morgan fingerprint density at radius 2 is 1.75 bits per heavy atom. The minimum Gasteiger partial charge on any atom is -0.465 e. The van der Waals surface area contributed by atoms with Gasteiger partial charge in [-0.3, -0.25) is 18.7 Å². The van der Waals surface area contributed by atoms with E-state index >= 15 is 0 Å². The van der Waals surface area contributed by atoms with Crippen molar-refractivity contribution in [1.29, 1.82) is 0 Å². The minimum absolute atomic E-state index is 0.0194. The molecule has 0 aliphatic carbocycles. The van der Waals surface area contributed by atoms with Crippen molar-refractivity contribution in [2.75, 3.05) is 18.2 Å². The number of amides is 1. The number of methoxy groups -OCH3 is 1. The van der Waals surface area contributed by atoms with Crippen LogP contribution in [-0.4, -0.2) is 43.8 Å². The standard InChI is InChI=1S/C21H23N5O5S/c1-11(2)16-23-17-15(19(28)26(4)21(30)25(17)3)18(24-16)32-10-14(27)22-13-8-6-12(7-9-13)20(29)31-5/h6-9,11H,10H2,1-5H3,(H,22,27). The van der Waals surface area contributed by atoms with Gasteiger partial charge in [0.2, 0.25) is 5.91 Å². The molecule has 168 valence electrons. The Balaban J connectivity index is 1.88. The molecule has 0 radical (unpaired) electrons. The first kappa shape index (κ1) is 23.2. The topological polar surface area (TPSA) is 125 Å². The highest BCUT2D eigenvalue weighted by molar-refractivity contribution is 8.00. The Morgan fingerprint density at radius 1 is 1.09 bits per heavy atom. The fourth-order valence-corrected chi connectivity index (χ4v) is 3.77. The van der Waals surface area contributed by atoms with E-state index in [0.29, 0.717) is 22.1 Å². The molecule has 3 aromatic rings. The van der Waals surface area contributed by atoms with Crippen LogP contribution < -0.4 is 16.6 Å². The van der Waals surface area contributed by atoms with E-state index in [-0.39, 0.29) is 28.6 Å². The predicted molar refractivity (Wildman–Crippen MR) is 121 cm³/mol. The largest absolute Gasteiger partial charge is 0.465 e. The summed E-state index contributed by atoms with van der Waals surface area (Å²) in [5.41, 5.74) is 0.116. The third-order valence-corrected chi connectivity index (χ3v) is 5.71. The van der Waals surface area contributed by atoms with Gasteiger partial charge in [0.1, 0.15) is 16.2 Å². The van der Waals surface area contributed by atoms with Gasteiger partial charge in [0.25, 0.3) is 5.56 Å². The summed E-state index contributed by atoms with van der Waals surface area (Å²) in [5, 5.41) is 3.27. The van der Waals surface area contributed by atoms with Gasteiger partial charge in [0.15, 0.2) is 5.65 Å². The lowest BCUT2D eigenvalue weighted by Gasteiger charge is -2.13. The summed E-state index contributed by atoms with van der Waals surface area (Å²) in [6.45, 7) is 3.80. The number of rotatable bonds is 6. The summed E-state index contributed by atoms with van der Waals surface area (Å²) in [6.07, 6.45) is 0. The lowest BCUT2D eigenvalue weighted by atomic mass is 10.2. The fourth-order valence-electron chi connectivity index (χ4n) is 2.95. The van der Waals surface area contributed by atoms with Crippen molar-refractivity contribution in [1.82, 2.24) is 19.1 Å². The summed E-state index contributed by atoms with van der Waals surface area (Å²) < 4.78 is 6.95. The lowest BCUT2D eigenvalue weighted by molar-refractivity contribution is -0.113. The van der Waals surface area contributed by atoms with Crippen molar-refractivity contribution in [3.63, 3.8) is 0 Å². The molecule has 0 aliphatic rings. The van der Waals surface area contributed by atoms with E-state index in [1.54, 1.807) is 31.3 Å². The zero-order chi connectivity index (χ0) is 23.6. The zero-order valence-corrected chi connectivity index (χ0v) is 19.1. The molecule has 11 heteroatoms. The second kappa shape index (κ2) is 9.35. The molecular formula is C21H23N5O5S. The van der Waals surface area contributed by atoms with Crippen LogP contribution in [0.15, 0.2) is 38.9 Å². The maximum Gasteiger partial charge on any atom is 0.337 e. The Morgan fingerprint density at radius 3 is 2.34 bits per heavy atom. The molecule has 1 aromatic carbocycles.